The van der Waals surface area contributed by atoms with E-state index in [4.69, 9.17) is 9.84 Å². The van der Waals surface area contributed by atoms with Gasteiger partial charge in [-0.05, 0) is 42.7 Å². The molecule has 0 bridgehead atoms. The molecule has 23 heavy (non-hydrogen) atoms. The Labute approximate surface area is 136 Å². The minimum absolute atomic E-state index is 0.0322. The molecule has 0 saturated carbocycles. The van der Waals surface area contributed by atoms with Crippen LogP contribution in [0.15, 0.2) is 54.6 Å². The van der Waals surface area contributed by atoms with E-state index in [0.29, 0.717) is 31.4 Å². The molecule has 4 nitrogen and oxygen atoms in total. The van der Waals surface area contributed by atoms with Crippen molar-refractivity contribution in [3.05, 3.63) is 65.7 Å². The number of Topliss-reactive ketones (excluding diaryl/α,β-unsaturated/α-hetero) is 1. The van der Waals surface area contributed by atoms with Gasteiger partial charge in [0.2, 0.25) is 0 Å². The first-order chi connectivity index (χ1) is 11.2. The minimum Gasteiger partial charge on any atom is -0.489 e. The van der Waals surface area contributed by atoms with Gasteiger partial charge >= 0.3 is 0 Å². The van der Waals surface area contributed by atoms with E-state index in [1.54, 1.807) is 24.3 Å². The summed E-state index contributed by atoms with van der Waals surface area (Å²) >= 11 is 0. The van der Waals surface area contributed by atoms with E-state index in [2.05, 4.69) is 0 Å². The van der Waals surface area contributed by atoms with Crippen LogP contribution in [0, 0.1) is 0 Å². The largest absolute Gasteiger partial charge is 0.489 e. The molecular weight excluding hydrogens is 292 g/mol. The van der Waals surface area contributed by atoms with E-state index in [1.807, 2.05) is 30.3 Å². The molecule has 122 valence electrons. The van der Waals surface area contributed by atoms with Crippen molar-refractivity contribution < 1.29 is 19.7 Å². The highest BCUT2D eigenvalue weighted by atomic mass is 16.5. The molecule has 2 N–H and O–H groups in total. The standard InChI is InChI=1S/C19H22O4/c20-13-17(21)7-4-8-19(22)16-9-11-18(12-10-16)23-14-15-5-2-1-3-6-15/h1-3,5-6,9-12,17,20-21H,4,7-8,13-14H2. The molecular formula is C19H22O4. The van der Waals surface area contributed by atoms with Crippen LogP contribution in [-0.2, 0) is 6.61 Å². The number of carbonyl (C=O) groups excluding carboxylic acids is 1. The topological polar surface area (TPSA) is 66.8 Å². The van der Waals surface area contributed by atoms with E-state index in [-0.39, 0.29) is 12.4 Å². The zero-order valence-electron chi connectivity index (χ0n) is 13.0. The lowest BCUT2D eigenvalue weighted by Gasteiger charge is -2.08. The van der Waals surface area contributed by atoms with Gasteiger partial charge in [-0.1, -0.05) is 30.3 Å². The molecule has 0 aliphatic rings. The van der Waals surface area contributed by atoms with Crippen LogP contribution in [0.1, 0.15) is 35.2 Å². The van der Waals surface area contributed by atoms with Gasteiger partial charge in [-0.2, -0.15) is 0 Å². The first-order valence-corrected chi connectivity index (χ1v) is 7.78. The van der Waals surface area contributed by atoms with Gasteiger partial charge in [0.15, 0.2) is 5.78 Å². The maximum absolute atomic E-state index is 12.0. The van der Waals surface area contributed by atoms with Crippen LogP contribution in [0.25, 0.3) is 0 Å². The number of aliphatic hydroxyl groups is 2. The van der Waals surface area contributed by atoms with Crippen LogP contribution in [0.3, 0.4) is 0 Å². The van der Waals surface area contributed by atoms with Crippen molar-refractivity contribution in [2.75, 3.05) is 6.61 Å². The molecule has 0 radical (unpaired) electrons. The molecule has 0 fully saturated rings. The van der Waals surface area contributed by atoms with E-state index in [0.717, 1.165) is 11.3 Å². The summed E-state index contributed by atoms with van der Waals surface area (Å²) in [5, 5.41) is 18.0. The quantitative estimate of drug-likeness (QED) is 0.698. The Bertz CT molecular complexity index is 593. The van der Waals surface area contributed by atoms with Gasteiger partial charge in [0.1, 0.15) is 12.4 Å². The Morgan fingerprint density at radius 1 is 1.04 bits per heavy atom. The van der Waals surface area contributed by atoms with Gasteiger partial charge in [0.05, 0.1) is 12.7 Å². The number of carbonyl (C=O) groups is 1. The molecule has 1 unspecified atom stereocenters. The smallest absolute Gasteiger partial charge is 0.162 e. The Hall–Kier alpha value is -2.17. The molecule has 1 atom stereocenters. The number of hydrogen-bond donors (Lipinski definition) is 2. The Balaban J connectivity index is 1.80. The fourth-order valence-corrected chi connectivity index (χ4v) is 2.21. The monoisotopic (exact) mass is 314 g/mol. The summed E-state index contributed by atoms with van der Waals surface area (Å²) in [7, 11) is 0. The SMILES string of the molecule is O=C(CCCC(O)CO)c1ccc(OCc2ccccc2)cc1. The third-order valence-electron chi connectivity index (χ3n) is 3.58. The maximum atomic E-state index is 12.0. The summed E-state index contributed by atoms with van der Waals surface area (Å²) in [5.41, 5.74) is 1.73. The Morgan fingerprint density at radius 3 is 2.39 bits per heavy atom. The highest BCUT2D eigenvalue weighted by molar-refractivity contribution is 5.96. The molecule has 0 spiro atoms. The highest BCUT2D eigenvalue weighted by Gasteiger charge is 2.08. The van der Waals surface area contributed by atoms with Crippen molar-refractivity contribution >= 4 is 5.78 Å². The van der Waals surface area contributed by atoms with Crippen LogP contribution in [-0.4, -0.2) is 28.7 Å². The lowest BCUT2D eigenvalue weighted by molar-refractivity contribution is 0.0829. The molecule has 0 heterocycles. The summed E-state index contributed by atoms with van der Waals surface area (Å²) in [6.07, 6.45) is 0.616. The van der Waals surface area contributed by atoms with Gasteiger partial charge in [0.25, 0.3) is 0 Å². The summed E-state index contributed by atoms with van der Waals surface area (Å²) in [6.45, 7) is 0.231. The lowest BCUT2D eigenvalue weighted by Crippen LogP contribution is -2.12. The highest BCUT2D eigenvalue weighted by Crippen LogP contribution is 2.16. The van der Waals surface area contributed by atoms with E-state index in [9.17, 15) is 9.90 Å². The molecule has 0 aliphatic carbocycles. The number of aliphatic hydroxyl groups excluding tert-OH is 2. The average molecular weight is 314 g/mol. The van der Waals surface area contributed by atoms with Crippen LogP contribution >= 0.6 is 0 Å². The van der Waals surface area contributed by atoms with Gasteiger partial charge in [-0.15, -0.1) is 0 Å². The number of benzene rings is 2. The third kappa shape index (κ3) is 5.85. The molecule has 0 aliphatic heterocycles. The minimum atomic E-state index is -0.739. The Kier molecular flexibility index (Phi) is 6.78. The maximum Gasteiger partial charge on any atom is 0.162 e. The van der Waals surface area contributed by atoms with Gasteiger partial charge in [-0.3, -0.25) is 4.79 Å². The van der Waals surface area contributed by atoms with E-state index in [1.165, 1.54) is 0 Å². The second-order valence-electron chi connectivity index (χ2n) is 5.45. The summed E-state index contributed by atoms with van der Waals surface area (Å²) in [5.74, 6) is 0.755. The van der Waals surface area contributed by atoms with Crippen molar-refractivity contribution in [2.24, 2.45) is 0 Å². The van der Waals surface area contributed by atoms with Crippen LogP contribution < -0.4 is 4.74 Å². The van der Waals surface area contributed by atoms with Crippen molar-refractivity contribution in [1.29, 1.82) is 0 Å². The van der Waals surface area contributed by atoms with Crippen molar-refractivity contribution in [3.63, 3.8) is 0 Å². The lowest BCUT2D eigenvalue weighted by atomic mass is 10.0. The molecule has 0 amide bonds. The molecule has 2 rings (SSSR count). The fourth-order valence-electron chi connectivity index (χ4n) is 2.21. The third-order valence-corrected chi connectivity index (χ3v) is 3.58. The summed E-state index contributed by atoms with van der Waals surface area (Å²) in [6, 6.07) is 17.0. The Morgan fingerprint density at radius 2 is 1.74 bits per heavy atom. The summed E-state index contributed by atoms with van der Waals surface area (Å²) in [4.78, 5) is 12.0. The molecule has 4 heteroatoms. The van der Waals surface area contributed by atoms with Gasteiger partial charge in [0, 0.05) is 12.0 Å². The van der Waals surface area contributed by atoms with Crippen LogP contribution in [0.2, 0.25) is 0 Å². The van der Waals surface area contributed by atoms with E-state index >= 15 is 0 Å². The number of ether oxygens (including phenoxy) is 1. The molecule has 2 aromatic rings. The number of hydrogen-bond acceptors (Lipinski definition) is 4. The van der Waals surface area contributed by atoms with Gasteiger partial charge < -0.3 is 14.9 Å². The second kappa shape index (κ2) is 9.08. The molecule has 0 saturated heterocycles. The van der Waals surface area contributed by atoms with Crippen molar-refractivity contribution in [3.8, 4) is 5.75 Å². The van der Waals surface area contributed by atoms with Crippen LogP contribution in [0.4, 0.5) is 0 Å². The average Bonchev–Trinajstić information content (AvgIpc) is 2.61. The normalized spacial score (nSPS) is 11.9. The first kappa shape index (κ1) is 17.2. The second-order valence-corrected chi connectivity index (χ2v) is 5.45. The number of rotatable bonds is 9. The van der Waals surface area contributed by atoms with Crippen molar-refractivity contribution in [2.45, 2.75) is 32.0 Å². The zero-order chi connectivity index (χ0) is 16.5. The van der Waals surface area contributed by atoms with Crippen molar-refractivity contribution in [1.82, 2.24) is 0 Å². The number of ketones is 1. The zero-order valence-corrected chi connectivity index (χ0v) is 13.0. The summed E-state index contributed by atoms with van der Waals surface area (Å²) < 4.78 is 5.68. The van der Waals surface area contributed by atoms with Gasteiger partial charge in [-0.25, -0.2) is 0 Å². The molecule has 2 aromatic carbocycles. The molecule has 0 aromatic heterocycles. The first-order valence-electron chi connectivity index (χ1n) is 7.78. The van der Waals surface area contributed by atoms with E-state index < -0.39 is 6.10 Å². The predicted octanol–water partition coefficient (Wildman–Crippen LogP) is 2.97. The van der Waals surface area contributed by atoms with Crippen LogP contribution in [0.5, 0.6) is 5.75 Å². The fraction of sp³-hybridized carbons (Fsp3) is 0.316. The predicted molar refractivity (Wildman–Crippen MR) is 88.5 cm³/mol.